The number of fused-ring (bicyclic) bond motifs is 1. The summed E-state index contributed by atoms with van der Waals surface area (Å²) in [6.45, 7) is 5.50. The first-order valence-corrected chi connectivity index (χ1v) is 10.7. The van der Waals surface area contributed by atoms with Gasteiger partial charge in [-0.05, 0) is 37.5 Å². The second-order valence-corrected chi connectivity index (χ2v) is 7.74. The van der Waals surface area contributed by atoms with Crippen LogP contribution in [0, 0.1) is 6.92 Å². The minimum atomic E-state index is -1.14. The topological polar surface area (TPSA) is 88.6 Å². The van der Waals surface area contributed by atoms with E-state index in [2.05, 4.69) is 10.3 Å². The van der Waals surface area contributed by atoms with Gasteiger partial charge in [-0.25, -0.2) is 14.6 Å². The summed E-state index contributed by atoms with van der Waals surface area (Å²) < 4.78 is 5.27. The zero-order valence-electron chi connectivity index (χ0n) is 18.3. The Hall–Kier alpha value is -3.74. The van der Waals surface area contributed by atoms with Gasteiger partial charge in [-0.1, -0.05) is 55.5 Å². The minimum absolute atomic E-state index is 0.126. The van der Waals surface area contributed by atoms with Crippen LogP contribution in [0.15, 0.2) is 54.6 Å². The molecule has 0 unspecified atom stereocenters. The lowest BCUT2D eigenvalue weighted by Crippen LogP contribution is -2.43. The van der Waals surface area contributed by atoms with Gasteiger partial charge in [0.05, 0.1) is 29.9 Å². The van der Waals surface area contributed by atoms with E-state index in [9.17, 15) is 14.4 Å². The van der Waals surface area contributed by atoms with Gasteiger partial charge in [-0.2, -0.15) is 0 Å². The van der Waals surface area contributed by atoms with Gasteiger partial charge in [0.1, 0.15) is 5.54 Å². The highest BCUT2D eigenvalue weighted by atomic mass is 16.5. The highest BCUT2D eigenvalue weighted by Gasteiger charge is 2.51. The second kappa shape index (κ2) is 8.42. The highest BCUT2D eigenvalue weighted by Crippen LogP contribution is 2.34. The van der Waals surface area contributed by atoms with Gasteiger partial charge in [-0.15, -0.1) is 0 Å². The molecule has 2 heterocycles. The number of esters is 1. The van der Waals surface area contributed by atoms with E-state index < -0.39 is 17.5 Å². The van der Waals surface area contributed by atoms with Gasteiger partial charge in [0.2, 0.25) is 0 Å². The number of nitrogens with one attached hydrogen (secondary N) is 1. The first kappa shape index (κ1) is 21.5. The standard InChI is InChI=1S/C25H25N3O4/c1-4-25(17-11-7-6-8-12-17)23(30)28(24(31)27-25)15-20-21(22(29)32-5-2)16(3)18-13-9-10-14-19(18)26-20/h6-14H,4-5,15H2,1-3H3,(H,27,31)/t25-/m1/s1. The molecule has 1 fully saturated rings. The fourth-order valence-corrected chi connectivity index (χ4v) is 4.31. The van der Waals surface area contributed by atoms with Gasteiger partial charge >= 0.3 is 12.0 Å². The van der Waals surface area contributed by atoms with Crippen LogP contribution in [0.4, 0.5) is 4.79 Å². The Kier molecular flexibility index (Phi) is 5.65. The molecule has 0 saturated carbocycles. The van der Waals surface area contributed by atoms with Crippen molar-refractivity contribution in [3.05, 3.63) is 77.0 Å². The number of urea groups is 1. The summed E-state index contributed by atoms with van der Waals surface area (Å²) in [5.41, 5.74) is 1.60. The lowest BCUT2D eigenvalue weighted by molar-refractivity contribution is -0.132. The smallest absolute Gasteiger partial charge is 0.340 e. The zero-order valence-corrected chi connectivity index (χ0v) is 18.3. The number of carbonyl (C=O) groups excluding carboxylic acids is 3. The average Bonchev–Trinajstić information content (AvgIpc) is 3.05. The maximum absolute atomic E-state index is 13.5. The largest absolute Gasteiger partial charge is 0.462 e. The van der Waals surface area contributed by atoms with E-state index in [-0.39, 0.29) is 19.1 Å². The molecule has 2 aromatic carbocycles. The molecule has 3 amide bonds. The zero-order chi connectivity index (χ0) is 22.9. The van der Waals surface area contributed by atoms with Crippen LogP contribution in [0.3, 0.4) is 0 Å². The van der Waals surface area contributed by atoms with Crippen molar-refractivity contribution in [2.45, 2.75) is 39.3 Å². The number of ether oxygens (including phenoxy) is 1. The number of pyridine rings is 1. The average molecular weight is 431 g/mol. The number of hydrogen-bond donors (Lipinski definition) is 1. The number of carbonyl (C=O) groups is 3. The van der Waals surface area contributed by atoms with E-state index in [1.807, 2.05) is 68.4 Å². The van der Waals surface area contributed by atoms with Crippen molar-refractivity contribution in [3.8, 4) is 0 Å². The molecule has 0 radical (unpaired) electrons. The van der Waals surface area contributed by atoms with Crippen LogP contribution in [-0.4, -0.2) is 34.4 Å². The summed E-state index contributed by atoms with van der Waals surface area (Å²) in [6.07, 6.45) is 0.396. The maximum atomic E-state index is 13.5. The van der Waals surface area contributed by atoms with E-state index in [1.54, 1.807) is 6.92 Å². The van der Waals surface area contributed by atoms with E-state index in [0.29, 0.717) is 28.8 Å². The van der Waals surface area contributed by atoms with Gasteiger partial charge in [0.25, 0.3) is 5.91 Å². The van der Waals surface area contributed by atoms with Crippen LogP contribution in [0.1, 0.15) is 47.4 Å². The Balaban J connectivity index is 1.79. The van der Waals surface area contributed by atoms with Gasteiger partial charge in [0.15, 0.2) is 0 Å². The molecule has 4 rings (SSSR count). The van der Waals surface area contributed by atoms with Crippen LogP contribution >= 0.6 is 0 Å². The lowest BCUT2D eigenvalue weighted by Gasteiger charge is -2.26. The van der Waals surface area contributed by atoms with Crippen LogP contribution in [0.25, 0.3) is 10.9 Å². The van der Waals surface area contributed by atoms with Gasteiger partial charge in [0, 0.05) is 5.39 Å². The Morgan fingerprint density at radius 2 is 1.75 bits per heavy atom. The number of benzene rings is 2. The molecule has 3 aromatic rings. The van der Waals surface area contributed by atoms with Crippen molar-refractivity contribution in [1.82, 2.24) is 15.2 Å². The third-order valence-electron chi connectivity index (χ3n) is 5.99. The molecule has 1 aliphatic rings. The van der Waals surface area contributed by atoms with Crippen LogP contribution in [0.2, 0.25) is 0 Å². The number of aryl methyl sites for hydroxylation is 1. The summed E-state index contributed by atoms with van der Waals surface area (Å²) in [5.74, 6) is -0.881. The van der Waals surface area contributed by atoms with Gasteiger partial charge in [-0.3, -0.25) is 9.69 Å². The quantitative estimate of drug-likeness (QED) is 0.469. The highest BCUT2D eigenvalue weighted by molar-refractivity contribution is 6.07. The number of rotatable bonds is 6. The maximum Gasteiger partial charge on any atom is 0.340 e. The Bertz CT molecular complexity index is 1210. The molecule has 0 spiro atoms. The SMILES string of the molecule is CCOC(=O)c1c(CN2C(=O)N[C@](CC)(c3ccccc3)C2=O)nc2ccccc2c1C. The molecular weight excluding hydrogens is 406 g/mol. The monoisotopic (exact) mass is 431 g/mol. The molecule has 164 valence electrons. The molecule has 1 aliphatic heterocycles. The predicted molar refractivity (Wildman–Crippen MR) is 120 cm³/mol. The summed E-state index contributed by atoms with van der Waals surface area (Å²) in [7, 11) is 0. The Morgan fingerprint density at radius 1 is 1.06 bits per heavy atom. The van der Waals surface area contributed by atoms with E-state index in [1.165, 1.54) is 0 Å². The number of nitrogens with zero attached hydrogens (tertiary/aromatic N) is 2. The predicted octanol–water partition coefficient (Wildman–Crippen LogP) is 4.08. The third kappa shape index (κ3) is 3.39. The summed E-state index contributed by atoms with van der Waals surface area (Å²) in [4.78, 5) is 45.1. The molecular formula is C25H25N3O4. The number of aromatic nitrogens is 1. The molecule has 0 bridgehead atoms. The van der Waals surface area contributed by atoms with Crippen molar-refractivity contribution in [2.24, 2.45) is 0 Å². The fourth-order valence-electron chi connectivity index (χ4n) is 4.31. The van der Waals surface area contributed by atoms with Crippen LogP contribution < -0.4 is 5.32 Å². The molecule has 0 aliphatic carbocycles. The van der Waals surface area contributed by atoms with Crippen molar-refractivity contribution in [3.63, 3.8) is 0 Å². The van der Waals surface area contributed by atoms with Crippen LogP contribution in [0.5, 0.6) is 0 Å². The molecule has 1 aromatic heterocycles. The summed E-state index contributed by atoms with van der Waals surface area (Å²) in [6, 6.07) is 16.1. The second-order valence-electron chi connectivity index (χ2n) is 7.74. The van der Waals surface area contributed by atoms with Crippen molar-refractivity contribution >= 4 is 28.8 Å². The van der Waals surface area contributed by atoms with Gasteiger partial charge < -0.3 is 10.1 Å². The molecule has 7 heteroatoms. The molecule has 32 heavy (non-hydrogen) atoms. The van der Waals surface area contributed by atoms with E-state index in [4.69, 9.17) is 4.74 Å². The number of para-hydroxylation sites is 1. The summed E-state index contributed by atoms with van der Waals surface area (Å²) >= 11 is 0. The van der Waals surface area contributed by atoms with Crippen molar-refractivity contribution in [1.29, 1.82) is 0 Å². The third-order valence-corrected chi connectivity index (χ3v) is 5.99. The number of amides is 3. The van der Waals surface area contributed by atoms with Crippen LogP contribution in [-0.2, 0) is 21.6 Å². The van der Waals surface area contributed by atoms with E-state index in [0.717, 1.165) is 15.8 Å². The first-order valence-electron chi connectivity index (χ1n) is 10.7. The lowest BCUT2D eigenvalue weighted by atomic mass is 9.87. The van der Waals surface area contributed by atoms with Crippen molar-refractivity contribution in [2.75, 3.05) is 6.61 Å². The number of hydrogen-bond acceptors (Lipinski definition) is 5. The molecule has 1 N–H and O–H groups in total. The Morgan fingerprint density at radius 3 is 2.44 bits per heavy atom. The number of imide groups is 1. The fraction of sp³-hybridized carbons (Fsp3) is 0.280. The molecule has 7 nitrogen and oxygen atoms in total. The summed E-state index contributed by atoms with van der Waals surface area (Å²) in [5, 5.41) is 3.70. The first-order chi connectivity index (χ1) is 15.4. The minimum Gasteiger partial charge on any atom is -0.462 e. The van der Waals surface area contributed by atoms with Crippen molar-refractivity contribution < 1.29 is 19.1 Å². The molecule has 1 atom stereocenters. The molecule has 1 saturated heterocycles. The van der Waals surface area contributed by atoms with E-state index >= 15 is 0 Å². The normalized spacial score (nSPS) is 18.2. The Labute approximate surface area is 186 Å².